The van der Waals surface area contributed by atoms with Gasteiger partial charge >= 0.3 is 5.97 Å². The van der Waals surface area contributed by atoms with Crippen molar-refractivity contribution in [2.24, 2.45) is 0 Å². The van der Waals surface area contributed by atoms with Crippen LogP contribution in [0.15, 0.2) is 30.3 Å². The summed E-state index contributed by atoms with van der Waals surface area (Å²) in [4.78, 5) is 12.9. The molecule has 1 aliphatic heterocycles. The van der Waals surface area contributed by atoms with Gasteiger partial charge in [0.2, 0.25) is 0 Å². The molecule has 5 heteroatoms. The van der Waals surface area contributed by atoms with Crippen LogP contribution in [0.2, 0.25) is 0 Å². The molecule has 1 saturated carbocycles. The van der Waals surface area contributed by atoms with Crippen LogP contribution in [0.25, 0.3) is 21.5 Å². The molecule has 1 N–H and O–H groups in total. The summed E-state index contributed by atoms with van der Waals surface area (Å²) < 4.78 is 8.56. The summed E-state index contributed by atoms with van der Waals surface area (Å²) in [6, 6.07) is 10.3. The van der Waals surface area contributed by atoms with Crippen LogP contribution in [-0.2, 0) is 11.3 Å². The van der Waals surface area contributed by atoms with E-state index < -0.39 is 6.10 Å². The number of rotatable bonds is 2. The molecule has 0 saturated heterocycles. The van der Waals surface area contributed by atoms with Gasteiger partial charge in [-0.1, -0.05) is 43.5 Å². The van der Waals surface area contributed by atoms with Gasteiger partial charge in [0.05, 0.1) is 29.1 Å². The zero-order chi connectivity index (χ0) is 19.3. The van der Waals surface area contributed by atoms with Crippen LogP contribution < -0.4 is 0 Å². The Morgan fingerprint density at radius 2 is 1.96 bits per heavy atom. The smallest absolute Gasteiger partial charge is 0.348 e. The maximum absolute atomic E-state index is 12.2. The number of methoxy groups -OCH3 is 1. The first kappa shape index (κ1) is 18.0. The molecule has 5 rings (SSSR count). The Morgan fingerprint density at radius 3 is 2.75 bits per heavy atom. The van der Waals surface area contributed by atoms with Crippen molar-refractivity contribution < 1.29 is 14.6 Å². The highest BCUT2D eigenvalue weighted by atomic mass is 32.1. The molecule has 146 valence electrons. The van der Waals surface area contributed by atoms with E-state index in [1.807, 2.05) is 12.1 Å². The summed E-state index contributed by atoms with van der Waals surface area (Å²) in [6.07, 6.45) is 6.45. The Kier molecular flexibility index (Phi) is 4.52. The average molecular weight is 396 g/mol. The molecule has 1 unspecified atom stereocenters. The molecule has 3 heterocycles. The first-order valence-corrected chi connectivity index (χ1v) is 11.0. The Morgan fingerprint density at radius 1 is 1.18 bits per heavy atom. The number of benzene rings is 1. The minimum absolute atomic E-state index is 0.265. The molecule has 3 aromatic rings. The number of aliphatic hydroxyl groups excluding tert-OH is 1. The number of thiophene rings is 1. The molecule has 0 radical (unpaired) electrons. The molecule has 0 bridgehead atoms. The average Bonchev–Trinajstić information content (AvgIpc) is 3.25. The van der Waals surface area contributed by atoms with Gasteiger partial charge in [-0.3, -0.25) is 0 Å². The highest BCUT2D eigenvalue weighted by molar-refractivity contribution is 7.21. The van der Waals surface area contributed by atoms with Gasteiger partial charge in [0, 0.05) is 12.1 Å². The highest BCUT2D eigenvalue weighted by Crippen LogP contribution is 2.49. The van der Waals surface area contributed by atoms with E-state index in [1.54, 1.807) is 11.3 Å². The van der Waals surface area contributed by atoms with Gasteiger partial charge in [0.25, 0.3) is 0 Å². The third-order valence-corrected chi connectivity index (χ3v) is 7.51. The number of esters is 1. The lowest BCUT2D eigenvalue weighted by molar-refractivity contribution is 0.0606. The van der Waals surface area contributed by atoms with Crippen molar-refractivity contribution in [3.05, 3.63) is 46.3 Å². The Bertz CT molecular complexity index is 1040. The minimum atomic E-state index is -0.455. The van der Waals surface area contributed by atoms with Crippen molar-refractivity contribution in [3.63, 3.8) is 0 Å². The van der Waals surface area contributed by atoms with Crippen molar-refractivity contribution in [1.29, 1.82) is 0 Å². The Labute approximate surface area is 168 Å². The maximum Gasteiger partial charge on any atom is 0.348 e. The molecular formula is C23H25NO3S. The van der Waals surface area contributed by atoms with E-state index >= 15 is 0 Å². The molecule has 1 aliphatic carbocycles. The fourth-order valence-corrected chi connectivity index (χ4v) is 6.26. The van der Waals surface area contributed by atoms with E-state index in [2.05, 4.69) is 22.8 Å². The molecule has 2 aromatic heterocycles. The summed E-state index contributed by atoms with van der Waals surface area (Å²) in [6.45, 7) is 0.756. The SMILES string of the molecule is COC(=O)c1cc2c(s1)c(C1CCCCC1)c1n2CCC(O)c2ccccc2-1. The van der Waals surface area contributed by atoms with E-state index in [4.69, 9.17) is 4.74 Å². The number of carbonyl (C=O) groups is 1. The Hall–Kier alpha value is -2.11. The number of aliphatic hydroxyl groups is 1. The van der Waals surface area contributed by atoms with Gasteiger partial charge in [-0.25, -0.2) is 4.79 Å². The summed E-state index contributed by atoms with van der Waals surface area (Å²) in [5, 5.41) is 10.8. The van der Waals surface area contributed by atoms with Gasteiger partial charge in [0.1, 0.15) is 4.88 Å². The third-order valence-electron chi connectivity index (χ3n) is 6.37. The van der Waals surface area contributed by atoms with Crippen molar-refractivity contribution in [2.75, 3.05) is 7.11 Å². The predicted octanol–water partition coefficient (Wildman–Crippen LogP) is 5.64. The van der Waals surface area contributed by atoms with Gasteiger partial charge in [-0.15, -0.1) is 11.3 Å². The first-order valence-electron chi connectivity index (χ1n) is 10.2. The molecule has 28 heavy (non-hydrogen) atoms. The predicted molar refractivity (Wildman–Crippen MR) is 112 cm³/mol. The second kappa shape index (κ2) is 7.05. The number of nitrogens with zero attached hydrogens (tertiary/aromatic N) is 1. The van der Waals surface area contributed by atoms with Crippen LogP contribution in [0, 0.1) is 0 Å². The first-order chi connectivity index (χ1) is 13.7. The van der Waals surface area contributed by atoms with E-state index in [0.717, 1.165) is 23.2 Å². The summed E-state index contributed by atoms with van der Waals surface area (Å²) in [5.74, 6) is 0.249. The second-order valence-corrected chi connectivity index (χ2v) is 9.01. The third kappa shape index (κ3) is 2.72. The molecule has 4 nitrogen and oxygen atoms in total. The van der Waals surface area contributed by atoms with Crippen LogP contribution in [0.1, 0.15) is 71.3 Å². The fraction of sp³-hybridized carbons (Fsp3) is 0.435. The number of hydrogen-bond donors (Lipinski definition) is 1. The van der Waals surface area contributed by atoms with Crippen molar-refractivity contribution >= 4 is 27.5 Å². The lowest BCUT2D eigenvalue weighted by Crippen LogP contribution is -2.07. The molecule has 2 aliphatic rings. The lowest BCUT2D eigenvalue weighted by Gasteiger charge is -2.23. The zero-order valence-corrected chi connectivity index (χ0v) is 16.9. The highest BCUT2D eigenvalue weighted by Gasteiger charge is 2.32. The van der Waals surface area contributed by atoms with Crippen molar-refractivity contribution in [2.45, 2.75) is 57.1 Å². The molecule has 1 aromatic carbocycles. The number of aryl methyl sites for hydroxylation is 1. The quantitative estimate of drug-likeness (QED) is 0.571. The molecule has 0 amide bonds. The van der Waals surface area contributed by atoms with E-state index in [0.29, 0.717) is 17.2 Å². The van der Waals surface area contributed by atoms with Gasteiger partial charge in [0.15, 0.2) is 0 Å². The van der Waals surface area contributed by atoms with E-state index in [9.17, 15) is 9.90 Å². The number of aromatic nitrogens is 1. The lowest BCUT2D eigenvalue weighted by atomic mass is 9.82. The summed E-state index contributed by atoms with van der Waals surface area (Å²) >= 11 is 1.57. The van der Waals surface area contributed by atoms with Gasteiger partial charge in [-0.2, -0.15) is 0 Å². The monoisotopic (exact) mass is 395 g/mol. The topological polar surface area (TPSA) is 51.5 Å². The minimum Gasteiger partial charge on any atom is -0.465 e. The number of carbonyl (C=O) groups excluding carboxylic acids is 1. The van der Waals surface area contributed by atoms with Crippen LogP contribution in [0.3, 0.4) is 0 Å². The fourth-order valence-electron chi connectivity index (χ4n) is 5.05. The van der Waals surface area contributed by atoms with E-state index in [1.165, 1.54) is 55.2 Å². The number of hydrogen-bond acceptors (Lipinski definition) is 4. The van der Waals surface area contributed by atoms with Crippen LogP contribution in [0.4, 0.5) is 0 Å². The van der Waals surface area contributed by atoms with E-state index in [-0.39, 0.29) is 5.97 Å². The van der Waals surface area contributed by atoms with Crippen LogP contribution in [0.5, 0.6) is 0 Å². The van der Waals surface area contributed by atoms with Gasteiger partial charge < -0.3 is 14.4 Å². The molecule has 1 atom stereocenters. The van der Waals surface area contributed by atoms with Crippen LogP contribution in [-0.4, -0.2) is 22.8 Å². The van der Waals surface area contributed by atoms with Crippen LogP contribution >= 0.6 is 11.3 Å². The maximum atomic E-state index is 12.2. The summed E-state index contributed by atoms with van der Waals surface area (Å²) in [5.41, 5.74) is 5.94. The van der Waals surface area contributed by atoms with Gasteiger partial charge in [-0.05, 0) is 42.4 Å². The second-order valence-electron chi connectivity index (χ2n) is 7.96. The molecular weight excluding hydrogens is 370 g/mol. The standard InChI is InChI=1S/C23H25NO3S/c1-27-23(26)19-13-17-22(28-19)20(14-7-3-2-4-8-14)21-16-10-6-5-9-15(16)18(25)11-12-24(17)21/h5-6,9-10,13-14,18,25H,2-4,7-8,11-12H2,1H3. The summed E-state index contributed by atoms with van der Waals surface area (Å²) in [7, 11) is 1.44. The number of ether oxygens (including phenoxy) is 1. The molecule has 0 spiro atoms. The normalized spacial score (nSPS) is 19.9. The zero-order valence-electron chi connectivity index (χ0n) is 16.1. The van der Waals surface area contributed by atoms with Crippen molar-refractivity contribution in [1.82, 2.24) is 4.57 Å². The largest absolute Gasteiger partial charge is 0.465 e. The van der Waals surface area contributed by atoms with Crippen molar-refractivity contribution in [3.8, 4) is 11.3 Å². The number of fused-ring (bicyclic) bond motifs is 5. The molecule has 1 fully saturated rings. The Balaban J connectivity index is 1.80.